The zero-order valence-electron chi connectivity index (χ0n) is 15.8. The molecule has 0 radical (unpaired) electrons. The van der Waals surface area contributed by atoms with Crippen molar-refractivity contribution in [3.8, 4) is 0 Å². The van der Waals surface area contributed by atoms with Crippen molar-refractivity contribution in [2.24, 2.45) is 7.05 Å². The normalized spacial score (nSPS) is 10.6. The Hall–Kier alpha value is -4.02. The minimum absolute atomic E-state index is 0.109. The van der Waals surface area contributed by atoms with E-state index in [-0.39, 0.29) is 30.6 Å². The molecule has 2 aromatic heterocycles. The van der Waals surface area contributed by atoms with Crippen molar-refractivity contribution < 1.29 is 14.5 Å². The van der Waals surface area contributed by atoms with Crippen LogP contribution in [0.2, 0.25) is 0 Å². The average Bonchev–Trinajstić information content (AvgIpc) is 3.27. The second-order valence-corrected chi connectivity index (χ2v) is 6.33. The van der Waals surface area contributed by atoms with Gasteiger partial charge < -0.3 is 20.7 Å². The summed E-state index contributed by atoms with van der Waals surface area (Å²) < 4.78 is 2.96. The molecule has 0 saturated carbocycles. The highest BCUT2D eigenvalue weighted by atomic mass is 16.6. The first-order valence-corrected chi connectivity index (χ1v) is 8.71. The number of nitrogens with one attached hydrogen (secondary N) is 2. The van der Waals surface area contributed by atoms with Gasteiger partial charge in [-0.2, -0.15) is 9.78 Å². The fourth-order valence-electron chi connectivity index (χ4n) is 2.61. The van der Waals surface area contributed by atoms with Gasteiger partial charge in [-0.3, -0.25) is 14.3 Å². The summed E-state index contributed by atoms with van der Waals surface area (Å²) in [4.78, 5) is 34.4. The Morgan fingerprint density at radius 3 is 2.31 bits per heavy atom. The highest BCUT2D eigenvalue weighted by molar-refractivity contribution is 6.03. The summed E-state index contributed by atoms with van der Waals surface area (Å²) in [7, 11) is 1.73. The number of hydrogen-bond donors (Lipinski definition) is 2. The lowest BCUT2D eigenvalue weighted by Gasteiger charge is -2.07. The molecule has 29 heavy (non-hydrogen) atoms. The van der Waals surface area contributed by atoms with Crippen molar-refractivity contribution in [3.63, 3.8) is 0 Å². The van der Waals surface area contributed by atoms with E-state index in [2.05, 4.69) is 20.8 Å². The van der Waals surface area contributed by atoms with Crippen LogP contribution >= 0.6 is 0 Å². The first-order chi connectivity index (χ1) is 13.8. The second kappa shape index (κ2) is 8.33. The largest absolute Gasteiger partial charge is 0.390 e. The number of nitrogens with zero attached hydrogens (tertiary/aromatic N) is 5. The maximum absolute atomic E-state index is 12.1. The molecule has 11 heteroatoms. The number of anilines is 2. The third kappa shape index (κ3) is 5.03. The molecule has 0 saturated heterocycles. The third-order valence-electron chi connectivity index (χ3n) is 4.08. The van der Waals surface area contributed by atoms with Crippen molar-refractivity contribution in [2.75, 3.05) is 10.6 Å². The molecular formula is C18H19N7O4. The summed E-state index contributed by atoms with van der Waals surface area (Å²) in [5.74, 6) is -0.829. The molecule has 150 valence electrons. The van der Waals surface area contributed by atoms with Crippen LogP contribution in [0.3, 0.4) is 0 Å². The molecule has 11 nitrogen and oxygen atoms in total. The number of benzene rings is 1. The lowest BCUT2D eigenvalue weighted by molar-refractivity contribution is -0.389. The minimum atomic E-state index is -0.572. The van der Waals surface area contributed by atoms with Gasteiger partial charge in [0.25, 0.3) is 5.91 Å². The Bertz CT molecular complexity index is 1050. The number of amides is 2. The van der Waals surface area contributed by atoms with E-state index >= 15 is 0 Å². The topological polar surface area (TPSA) is 137 Å². The number of aryl methyl sites for hydroxylation is 3. The molecule has 2 amide bonds. The van der Waals surface area contributed by atoms with Crippen LogP contribution in [0.15, 0.2) is 42.6 Å². The third-order valence-corrected chi connectivity index (χ3v) is 4.08. The second-order valence-electron chi connectivity index (χ2n) is 6.33. The van der Waals surface area contributed by atoms with E-state index in [0.717, 1.165) is 0 Å². The number of rotatable bonds is 7. The van der Waals surface area contributed by atoms with Crippen LogP contribution in [-0.2, 0) is 18.4 Å². The van der Waals surface area contributed by atoms with Crippen molar-refractivity contribution in [1.82, 2.24) is 19.6 Å². The summed E-state index contributed by atoms with van der Waals surface area (Å²) in [5, 5.41) is 24.1. The standard InChI is InChI=1S/C18H19N7O4/c1-12-11-16(25(28)29)22-24(12)10-8-17(26)19-13-3-5-14(6-4-13)20-18(27)15-7-9-23(2)21-15/h3-7,9,11H,8,10H2,1-2H3,(H,19,26)(H,20,27). The monoisotopic (exact) mass is 397 g/mol. The van der Waals surface area contributed by atoms with E-state index in [1.807, 2.05) is 0 Å². The van der Waals surface area contributed by atoms with E-state index in [0.29, 0.717) is 22.8 Å². The Morgan fingerprint density at radius 1 is 1.10 bits per heavy atom. The van der Waals surface area contributed by atoms with Gasteiger partial charge in [-0.25, -0.2) is 0 Å². The summed E-state index contributed by atoms with van der Waals surface area (Å²) >= 11 is 0. The number of nitro groups is 1. The summed E-state index contributed by atoms with van der Waals surface area (Å²) in [6.45, 7) is 1.92. The number of hydrogen-bond acceptors (Lipinski definition) is 6. The molecule has 3 rings (SSSR count). The van der Waals surface area contributed by atoms with Gasteiger partial charge in [-0.1, -0.05) is 0 Å². The van der Waals surface area contributed by atoms with Gasteiger partial charge in [0.2, 0.25) is 5.91 Å². The molecule has 0 aliphatic heterocycles. The van der Waals surface area contributed by atoms with E-state index in [9.17, 15) is 19.7 Å². The van der Waals surface area contributed by atoms with Gasteiger partial charge in [0.05, 0.1) is 23.4 Å². The van der Waals surface area contributed by atoms with E-state index in [1.165, 1.54) is 15.4 Å². The van der Waals surface area contributed by atoms with E-state index in [4.69, 9.17) is 0 Å². The molecule has 0 fully saturated rings. The quantitative estimate of drug-likeness (QED) is 0.463. The summed E-state index contributed by atoms with van der Waals surface area (Å²) in [5.41, 5.74) is 2.05. The van der Waals surface area contributed by atoms with E-state index < -0.39 is 4.92 Å². The zero-order chi connectivity index (χ0) is 21.0. The van der Waals surface area contributed by atoms with Crippen molar-refractivity contribution in [2.45, 2.75) is 19.9 Å². The molecule has 1 aromatic carbocycles. The summed E-state index contributed by atoms with van der Waals surface area (Å²) in [6, 6.07) is 9.62. The molecule has 0 unspecified atom stereocenters. The van der Waals surface area contributed by atoms with Gasteiger partial charge in [0.15, 0.2) is 5.69 Å². The van der Waals surface area contributed by atoms with Crippen molar-refractivity contribution >= 4 is 29.0 Å². The van der Waals surface area contributed by atoms with Gasteiger partial charge in [0, 0.05) is 31.0 Å². The predicted molar refractivity (Wildman–Crippen MR) is 104 cm³/mol. The Balaban J connectivity index is 1.52. The summed E-state index contributed by atoms with van der Waals surface area (Å²) in [6.07, 6.45) is 1.79. The molecule has 0 aliphatic rings. The number of aromatic nitrogens is 4. The van der Waals surface area contributed by atoms with E-state index in [1.54, 1.807) is 50.5 Å². The fourth-order valence-corrected chi connectivity index (χ4v) is 2.61. The van der Waals surface area contributed by atoms with Crippen LogP contribution in [-0.4, -0.2) is 36.3 Å². The van der Waals surface area contributed by atoms with Gasteiger partial charge in [-0.15, -0.1) is 0 Å². The molecule has 0 aliphatic carbocycles. The van der Waals surface area contributed by atoms with Gasteiger partial charge in [0.1, 0.15) is 0 Å². The lowest BCUT2D eigenvalue weighted by Crippen LogP contribution is -2.16. The smallest absolute Gasteiger partial charge is 0.358 e. The Labute approximate surface area is 165 Å². The van der Waals surface area contributed by atoms with Crippen LogP contribution in [0.4, 0.5) is 17.2 Å². The maximum atomic E-state index is 12.1. The highest BCUT2D eigenvalue weighted by Crippen LogP contribution is 2.15. The van der Waals surface area contributed by atoms with Gasteiger partial charge in [-0.05, 0) is 42.2 Å². The Kier molecular flexibility index (Phi) is 5.67. The molecule has 3 aromatic rings. The molecule has 2 heterocycles. The van der Waals surface area contributed by atoms with Crippen LogP contribution in [0.1, 0.15) is 22.6 Å². The van der Waals surface area contributed by atoms with Crippen molar-refractivity contribution in [3.05, 3.63) is 64.1 Å². The minimum Gasteiger partial charge on any atom is -0.358 e. The van der Waals surface area contributed by atoms with Gasteiger partial charge >= 0.3 is 5.82 Å². The molecule has 0 atom stereocenters. The fraction of sp³-hybridized carbons (Fsp3) is 0.222. The molecule has 0 bridgehead atoms. The molecule has 2 N–H and O–H groups in total. The first kappa shape index (κ1) is 19.7. The van der Waals surface area contributed by atoms with Crippen LogP contribution in [0.5, 0.6) is 0 Å². The lowest BCUT2D eigenvalue weighted by atomic mass is 10.2. The van der Waals surface area contributed by atoms with Crippen molar-refractivity contribution in [1.29, 1.82) is 0 Å². The maximum Gasteiger partial charge on any atom is 0.390 e. The highest BCUT2D eigenvalue weighted by Gasteiger charge is 2.16. The molecule has 0 spiro atoms. The predicted octanol–water partition coefficient (Wildman–Crippen LogP) is 2.11. The Morgan fingerprint density at radius 2 is 1.76 bits per heavy atom. The first-order valence-electron chi connectivity index (χ1n) is 8.71. The number of carbonyl (C=O) groups is 2. The zero-order valence-corrected chi connectivity index (χ0v) is 15.8. The van der Waals surface area contributed by atoms with Crippen LogP contribution in [0, 0.1) is 17.0 Å². The van der Waals surface area contributed by atoms with Crippen LogP contribution in [0.25, 0.3) is 0 Å². The SMILES string of the molecule is Cc1cc([N+](=O)[O-])nn1CCC(=O)Nc1ccc(NC(=O)c2ccn(C)n2)cc1. The van der Waals surface area contributed by atoms with Crippen LogP contribution < -0.4 is 10.6 Å². The average molecular weight is 397 g/mol. The molecular weight excluding hydrogens is 378 g/mol. The number of carbonyl (C=O) groups excluding carboxylic acids is 2.